The van der Waals surface area contributed by atoms with E-state index in [1.54, 1.807) is 11.3 Å². The molecule has 0 saturated carbocycles. The first-order chi connectivity index (χ1) is 11.1. The normalized spacial score (nSPS) is 23.9. The molecule has 2 atom stereocenters. The molecule has 3 rings (SSSR count). The van der Waals surface area contributed by atoms with Gasteiger partial charge in [-0.2, -0.15) is 0 Å². The third kappa shape index (κ3) is 4.43. The lowest BCUT2D eigenvalue weighted by Gasteiger charge is -2.36. The Morgan fingerprint density at radius 1 is 1.48 bits per heavy atom. The minimum Gasteiger partial charge on any atom is -0.381 e. The molecule has 0 bridgehead atoms. The second-order valence-corrected chi connectivity index (χ2v) is 7.76. The maximum Gasteiger partial charge on any atom is 0.318 e. The molecular weight excluding hydrogens is 312 g/mol. The van der Waals surface area contributed by atoms with Gasteiger partial charge in [-0.25, -0.2) is 9.78 Å². The molecule has 2 fully saturated rings. The van der Waals surface area contributed by atoms with Gasteiger partial charge in [0.25, 0.3) is 0 Å². The smallest absolute Gasteiger partial charge is 0.318 e. The number of carbonyl (C=O) groups excluding carboxylic acids is 1. The standard InChI is InChI=1S/C16H26N4O2S/c1-12-9-17-15(23-12)13(2)18-16(21)20-6-4-19(5-7-20)10-14-3-8-22-11-14/h9,13-14H,3-8,10-11H2,1-2H3,(H,18,21). The highest BCUT2D eigenvalue weighted by Gasteiger charge is 2.25. The van der Waals surface area contributed by atoms with Crippen molar-refractivity contribution >= 4 is 17.4 Å². The Bertz CT molecular complexity index is 522. The Labute approximate surface area is 141 Å². The van der Waals surface area contributed by atoms with E-state index in [0.29, 0.717) is 5.92 Å². The predicted octanol–water partition coefficient (Wildman–Crippen LogP) is 1.88. The molecule has 1 aromatic heterocycles. The van der Waals surface area contributed by atoms with E-state index in [-0.39, 0.29) is 12.1 Å². The number of hydrogen-bond donors (Lipinski definition) is 1. The molecule has 0 spiro atoms. The van der Waals surface area contributed by atoms with Crippen LogP contribution >= 0.6 is 11.3 Å². The van der Waals surface area contributed by atoms with Crippen molar-refractivity contribution in [3.8, 4) is 0 Å². The zero-order valence-electron chi connectivity index (χ0n) is 14.0. The van der Waals surface area contributed by atoms with Gasteiger partial charge in [-0.15, -0.1) is 11.3 Å². The van der Waals surface area contributed by atoms with Crippen molar-refractivity contribution in [3.05, 3.63) is 16.1 Å². The van der Waals surface area contributed by atoms with Crippen molar-refractivity contribution < 1.29 is 9.53 Å². The second-order valence-electron chi connectivity index (χ2n) is 6.50. The summed E-state index contributed by atoms with van der Waals surface area (Å²) >= 11 is 1.64. The van der Waals surface area contributed by atoms with Crippen LogP contribution in [0.3, 0.4) is 0 Å². The van der Waals surface area contributed by atoms with Gasteiger partial charge in [-0.05, 0) is 26.2 Å². The number of rotatable bonds is 4. The number of amides is 2. The third-order valence-electron chi connectivity index (χ3n) is 4.55. The number of urea groups is 1. The zero-order chi connectivity index (χ0) is 16.2. The number of aryl methyl sites for hydroxylation is 1. The number of nitrogens with one attached hydrogen (secondary N) is 1. The SMILES string of the molecule is Cc1cnc(C(C)NC(=O)N2CCN(CC3CCOC3)CC2)s1. The van der Waals surface area contributed by atoms with Gasteiger partial charge in [0.15, 0.2) is 0 Å². The van der Waals surface area contributed by atoms with Gasteiger partial charge in [0, 0.05) is 50.4 Å². The van der Waals surface area contributed by atoms with Crippen LogP contribution in [0, 0.1) is 12.8 Å². The highest BCUT2D eigenvalue weighted by molar-refractivity contribution is 7.11. The van der Waals surface area contributed by atoms with Crippen LogP contribution in [0.5, 0.6) is 0 Å². The van der Waals surface area contributed by atoms with Crippen LogP contribution in [0.25, 0.3) is 0 Å². The quantitative estimate of drug-likeness (QED) is 0.911. The summed E-state index contributed by atoms with van der Waals surface area (Å²) in [6.07, 6.45) is 3.03. The van der Waals surface area contributed by atoms with E-state index in [1.807, 2.05) is 24.9 Å². The Morgan fingerprint density at radius 3 is 2.87 bits per heavy atom. The molecule has 0 radical (unpaired) electrons. The first kappa shape index (κ1) is 16.7. The lowest BCUT2D eigenvalue weighted by atomic mass is 10.1. The average Bonchev–Trinajstić information content (AvgIpc) is 3.19. The number of carbonyl (C=O) groups is 1. The summed E-state index contributed by atoms with van der Waals surface area (Å²) in [7, 11) is 0. The minimum absolute atomic E-state index is 0.0224. The summed E-state index contributed by atoms with van der Waals surface area (Å²) in [5, 5.41) is 4.03. The summed E-state index contributed by atoms with van der Waals surface area (Å²) in [6, 6.07) is -0.0101. The molecule has 1 N–H and O–H groups in total. The maximum absolute atomic E-state index is 12.4. The second kappa shape index (κ2) is 7.59. The average molecular weight is 338 g/mol. The Morgan fingerprint density at radius 2 is 2.26 bits per heavy atom. The summed E-state index contributed by atoms with van der Waals surface area (Å²) in [5.41, 5.74) is 0. The van der Waals surface area contributed by atoms with E-state index >= 15 is 0 Å². The van der Waals surface area contributed by atoms with Gasteiger partial charge >= 0.3 is 6.03 Å². The van der Waals surface area contributed by atoms with Crippen LogP contribution in [0.2, 0.25) is 0 Å². The lowest BCUT2D eigenvalue weighted by molar-refractivity contribution is 0.118. The molecule has 2 amide bonds. The Kier molecular flexibility index (Phi) is 5.50. The lowest BCUT2D eigenvalue weighted by Crippen LogP contribution is -2.52. The topological polar surface area (TPSA) is 57.7 Å². The van der Waals surface area contributed by atoms with Crippen LogP contribution in [-0.2, 0) is 4.74 Å². The fraction of sp³-hybridized carbons (Fsp3) is 0.750. The van der Waals surface area contributed by atoms with Crippen LogP contribution < -0.4 is 5.32 Å². The van der Waals surface area contributed by atoms with Crippen molar-refractivity contribution in [1.29, 1.82) is 0 Å². The molecule has 1 aromatic rings. The zero-order valence-corrected chi connectivity index (χ0v) is 14.8. The molecule has 23 heavy (non-hydrogen) atoms. The van der Waals surface area contributed by atoms with E-state index in [2.05, 4.69) is 15.2 Å². The van der Waals surface area contributed by atoms with Crippen LogP contribution in [0.15, 0.2) is 6.20 Å². The van der Waals surface area contributed by atoms with Crippen LogP contribution in [0.4, 0.5) is 4.79 Å². The van der Waals surface area contributed by atoms with Gasteiger partial charge in [0.05, 0.1) is 12.6 Å². The third-order valence-corrected chi connectivity index (χ3v) is 5.64. The van der Waals surface area contributed by atoms with Crippen molar-refractivity contribution in [2.45, 2.75) is 26.3 Å². The number of piperazine rings is 1. The van der Waals surface area contributed by atoms with E-state index in [4.69, 9.17) is 4.74 Å². The summed E-state index contributed by atoms with van der Waals surface area (Å²) in [5.74, 6) is 0.670. The van der Waals surface area contributed by atoms with E-state index < -0.39 is 0 Å². The Hall–Kier alpha value is -1.18. The molecule has 128 valence electrons. The molecule has 0 aromatic carbocycles. The van der Waals surface area contributed by atoms with E-state index in [9.17, 15) is 4.79 Å². The Balaban J connectivity index is 1.42. The van der Waals surface area contributed by atoms with E-state index in [1.165, 1.54) is 11.3 Å². The molecule has 3 heterocycles. The highest BCUT2D eigenvalue weighted by Crippen LogP contribution is 2.19. The molecule has 2 aliphatic heterocycles. The molecular formula is C16H26N4O2S. The monoisotopic (exact) mass is 338 g/mol. The van der Waals surface area contributed by atoms with Crippen molar-refractivity contribution in [3.63, 3.8) is 0 Å². The molecule has 2 saturated heterocycles. The van der Waals surface area contributed by atoms with Gasteiger partial charge in [-0.1, -0.05) is 0 Å². The molecule has 7 heteroatoms. The first-order valence-corrected chi connectivity index (χ1v) is 9.21. The van der Waals surface area contributed by atoms with Gasteiger partial charge in [0.2, 0.25) is 0 Å². The van der Waals surface area contributed by atoms with Gasteiger partial charge in [-0.3, -0.25) is 4.90 Å². The molecule has 6 nitrogen and oxygen atoms in total. The predicted molar refractivity (Wildman–Crippen MR) is 90.7 cm³/mol. The van der Waals surface area contributed by atoms with Crippen molar-refractivity contribution in [2.24, 2.45) is 5.92 Å². The maximum atomic E-state index is 12.4. The fourth-order valence-corrected chi connectivity index (χ4v) is 3.91. The molecule has 2 aliphatic rings. The number of thiazole rings is 1. The first-order valence-electron chi connectivity index (χ1n) is 8.39. The van der Waals surface area contributed by atoms with Crippen molar-refractivity contribution in [2.75, 3.05) is 45.9 Å². The highest BCUT2D eigenvalue weighted by atomic mass is 32.1. The minimum atomic E-state index is -0.0325. The largest absolute Gasteiger partial charge is 0.381 e. The van der Waals surface area contributed by atoms with Crippen molar-refractivity contribution in [1.82, 2.24) is 20.1 Å². The summed E-state index contributed by atoms with van der Waals surface area (Å²) in [4.78, 5) is 22.3. The number of ether oxygens (including phenoxy) is 1. The molecule has 0 aliphatic carbocycles. The fourth-order valence-electron chi connectivity index (χ4n) is 3.14. The number of aromatic nitrogens is 1. The number of nitrogens with zero attached hydrogens (tertiary/aromatic N) is 3. The number of hydrogen-bond acceptors (Lipinski definition) is 5. The van der Waals surface area contributed by atoms with Gasteiger partial charge < -0.3 is 15.0 Å². The van der Waals surface area contributed by atoms with Crippen LogP contribution in [-0.4, -0.2) is 66.8 Å². The summed E-state index contributed by atoms with van der Waals surface area (Å²) in [6.45, 7) is 10.4. The molecule has 2 unspecified atom stereocenters. The van der Waals surface area contributed by atoms with Crippen LogP contribution in [0.1, 0.15) is 29.3 Å². The summed E-state index contributed by atoms with van der Waals surface area (Å²) < 4.78 is 5.44. The van der Waals surface area contributed by atoms with E-state index in [0.717, 1.165) is 50.9 Å². The van der Waals surface area contributed by atoms with Gasteiger partial charge in [0.1, 0.15) is 5.01 Å².